The zero-order valence-electron chi connectivity index (χ0n) is 14.2. The summed E-state index contributed by atoms with van der Waals surface area (Å²) in [4.78, 5) is 12.5. The number of unbranched alkanes of at least 4 members (excludes halogenated alkanes) is 1. The number of furan rings is 1. The average molecular weight is 346 g/mol. The molecule has 0 radical (unpaired) electrons. The van der Waals surface area contributed by atoms with Gasteiger partial charge in [-0.3, -0.25) is 4.79 Å². The molecule has 0 atom stereocenters. The Labute approximate surface area is 144 Å². The van der Waals surface area contributed by atoms with E-state index in [9.17, 15) is 13.6 Å². The monoisotopic (exact) mass is 346 g/mol. The lowest BCUT2D eigenvalue weighted by molar-refractivity contribution is 0.0944. The molecule has 6 heteroatoms. The minimum atomic E-state index is -0.639. The van der Waals surface area contributed by atoms with Gasteiger partial charge < -0.3 is 14.3 Å². The quantitative estimate of drug-likeness (QED) is 0.673. The molecule has 2 heterocycles. The van der Waals surface area contributed by atoms with Gasteiger partial charge in [-0.15, -0.1) is 0 Å². The fourth-order valence-corrected chi connectivity index (χ4v) is 2.81. The van der Waals surface area contributed by atoms with Gasteiger partial charge in [-0.1, -0.05) is 19.4 Å². The Balaban J connectivity index is 1.98. The lowest BCUT2D eigenvalue weighted by Gasteiger charge is -2.11. The standard InChI is InChI=1S/C19H20F2N2O2/c1-3-4-7-22-19(24)17-10-18-16(8-12(2)25-18)23(17)11-13-5-6-14(20)9-15(13)21/h5-6,8-10H,3-4,7,11H2,1-2H3,(H,22,24). The molecule has 0 aliphatic heterocycles. The molecule has 0 aliphatic carbocycles. The highest BCUT2D eigenvalue weighted by Gasteiger charge is 2.19. The van der Waals surface area contributed by atoms with E-state index in [-0.39, 0.29) is 12.5 Å². The van der Waals surface area contributed by atoms with E-state index in [0.29, 0.717) is 34.7 Å². The number of benzene rings is 1. The third-order valence-corrected chi connectivity index (χ3v) is 4.10. The zero-order valence-corrected chi connectivity index (χ0v) is 14.2. The van der Waals surface area contributed by atoms with Crippen molar-refractivity contribution in [1.82, 2.24) is 9.88 Å². The van der Waals surface area contributed by atoms with Crippen molar-refractivity contribution in [1.29, 1.82) is 0 Å². The van der Waals surface area contributed by atoms with Crippen molar-refractivity contribution in [3.8, 4) is 0 Å². The summed E-state index contributed by atoms with van der Waals surface area (Å²) in [5.41, 5.74) is 1.98. The number of amides is 1. The fourth-order valence-electron chi connectivity index (χ4n) is 2.81. The third-order valence-electron chi connectivity index (χ3n) is 4.10. The van der Waals surface area contributed by atoms with Crippen LogP contribution in [0.1, 0.15) is 41.6 Å². The Hall–Kier alpha value is -2.63. The predicted molar refractivity (Wildman–Crippen MR) is 91.6 cm³/mol. The Bertz CT molecular complexity index is 912. The van der Waals surface area contributed by atoms with Gasteiger partial charge in [0.2, 0.25) is 0 Å². The van der Waals surface area contributed by atoms with Crippen LogP contribution in [0.4, 0.5) is 8.78 Å². The highest BCUT2D eigenvalue weighted by atomic mass is 19.1. The normalized spacial score (nSPS) is 11.2. The maximum absolute atomic E-state index is 14.1. The summed E-state index contributed by atoms with van der Waals surface area (Å²) in [6.07, 6.45) is 1.86. The number of fused-ring (bicyclic) bond motifs is 1. The Morgan fingerprint density at radius 3 is 2.76 bits per heavy atom. The molecular formula is C19H20F2N2O2. The van der Waals surface area contributed by atoms with E-state index in [1.807, 2.05) is 13.8 Å². The molecule has 25 heavy (non-hydrogen) atoms. The first kappa shape index (κ1) is 17.2. The molecule has 0 saturated carbocycles. The van der Waals surface area contributed by atoms with Crippen molar-refractivity contribution in [2.75, 3.05) is 6.54 Å². The molecule has 0 spiro atoms. The van der Waals surface area contributed by atoms with E-state index >= 15 is 0 Å². The van der Waals surface area contributed by atoms with Gasteiger partial charge in [0.1, 0.15) is 23.1 Å². The number of rotatable bonds is 6. The van der Waals surface area contributed by atoms with Gasteiger partial charge in [-0.05, 0) is 19.4 Å². The van der Waals surface area contributed by atoms with E-state index in [4.69, 9.17) is 4.42 Å². The van der Waals surface area contributed by atoms with Gasteiger partial charge in [-0.25, -0.2) is 8.78 Å². The maximum atomic E-state index is 14.1. The van der Waals surface area contributed by atoms with Crippen molar-refractivity contribution in [3.63, 3.8) is 0 Å². The van der Waals surface area contributed by atoms with E-state index in [1.54, 1.807) is 16.7 Å². The molecule has 0 bridgehead atoms. The number of aryl methyl sites for hydroxylation is 1. The third kappa shape index (κ3) is 3.57. The molecule has 132 valence electrons. The largest absolute Gasteiger partial charge is 0.460 e. The first-order valence-electron chi connectivity index (χ1n) is 8.31. The molecule has 3 aromatic rings. The molecular weight excluding hydrogens is 326 g/mol. The molecule has 0 saturated heterocycles. The Morgan fingerprint density at radius 2 is 2.04 bits per heavy atom. The van der Waals surface area contributed by atoms with Crippen LogP contribution in [0, 0.1) is 18.6 Å². The summed E-state index contributed by atoms with van der Waals surface area (Å²) in [7, 11) is 0. The average Bonchev–Trinajstić information content (AvgIpc) is 3.07. The van der Waals surface area contributed by atoms with E-state index in [2.05, 4.69) is 5.32 Å². The Morgan fingerprint density at radius 1 is 1.24 bits per heavy atom. The fraction of sp³-hybridized carbons (Fsp3) is 0.316. The number of hydrogen-bond donors (Lipinski definition) is 1. The number of aromatic nitrogens is 1. The van der Waals surface area contributed by atoms with Gasteiger partial charge >= 0.3 is 0 Å². The van der Waals surface area contributed by atoms with Gasteiger partial charge in [0.05, 0.1) is 12.1 Å². The summed E-state index contributed by atoms with van der Waals surface area (Å²) >= 11 is 0. The molecule has 0 unspecified atom stereocenters. The van der Waals surface area contributed by atoms with Crippen LogP contribution in [0.25, 0.3) is 11.1 Å². The van der Waals surface area contributed by atoms with Crippen molar-refractivity contribution in [2.24, 2.45) is 0 Å². The summed E-state index contributed by atoms with van der Waals surface area (Å²) in [5, 5.41) is 2.86. The van der Waals surface area contributed by atoms with E-state index < -0.39 is 11.6 Å². The molecule has 3 rings (SSSR count). The minimum Gasteiger partial charge on any atom is -0.460 e. The van der Waals surface area contributed by atoms with Crippen LogP contribution in [0.3, 0.4) is 0 Å². The number of nitrogens with zero attached hydrogens (tertiary/aromatic N) is 1. The number of halogens is 2. The van der Waals surface area contributed by atoms with Gasteiger partial charge in [0.15, 0.2) is 5.58 Å². The second-order valence-corrected chi connectivity index (χ2v) is 6.07. The summed E-state index contributed by atoms with van der Waals surface area (Å²) in [6.45, 7) is 4.54. The lowest BCUT2D eigenvalue weighted by atomic mass is 10.2. The topological polar surface area (TPSA) is 47.2 Å². The molecule has 0 fully saturated rings. The number of carbonyl (C=O) groups excluding carboxylic acids is 1. The lowest BCUT2D eigenvalue weighted by Crippen LogP contribution is -2.27. The first-order chi connectivity index (χ1) is 12.0. The van der Waals surface area contributed by atoms with Gasteiger partial charge in [0, 0.05) is 30.3 Å². The number of hydrogen-bond acceptors (Lipinski definition) is 2. The molecule has 4 nitrogen and oxygen atoms in total. The number of nitrogens with one attached hydrogen (secondary N) is 1. The van der Waals surface area contributed by atoms with Crippen LogP contribution in [0.5, 0.6) is 0 Å². The van der Waals surface area contributed by atoms with Crippen LogP contribution in [0.15, 0.2) is 34.7 Å². The predicted octanol–water partition coefficient (Wildman–Crippen LogP) is 4.40. The molecule has 1 N–H and O–H groups in total. The number of carbonyl (C=O) groups is 1. The van der Waals surface area contributed by atoms with Crippen molar-refractivity contribution in [3.05, 3.63) is 59.0 Å². The molecule has 2 aromatic heterocycles. The van der Waals surface area contributed by atoms with Crippen molar-refractivity contribution in [2.45, 2.75) is 33.2 Å². The summed E-state index contributed by atoms with van der Waals surface area (Å²) in [6, 6.07) is 6.91. The first-order valence-corrected chi connectivity index (χ1v) is 8.31. The second-order valence-electron chi connectivity index (χ2n) is 6.07. The second kappa shape index (κ2) is 7.09. The van der Waals surface area contributed by atoms with E-state index in [0.717, 1.165) is 18.9 Å². The minimum absolute atomic E-state index is 0.116. The highest BCUT2D eigenvalue weighted by molar-refractivity contribution is 5.97. The van der Waals surface area contributed by atoms with Crippen LogP contribution in [-0.2, 0) is 6.54 Å². The van der Waals surface area contributed by atoms with Crippen LogP contribution < -0.4 is 5.32 Å². The van der Waals surface area contributed by atoms with Crippen molar-refractivity contribution >= 4 is 17.0 Å². The zero-order chi connectivity index (χ0) is 18.0. The smallest absolute Gasteiger partial charge is 0.268 e. The molecule has 1 amide bonds. The van der Waals surface area contributed by atoms with Crippen molar-refractivity contribution < 1.29 is 18.0 Å². The van der Waals surface area contributed by atoms with Gasteiger partial charge in [0.25, 0.3) is 5.91 Å². The SMILES string of the molecule is CCCCNC(=O)c1cc2oc(C)cc2n1Cc1ccc(F)cc1F. The van der Waals surface area contributed by atoms with E-state index in [1.165, 1.54) is 12.1 Å². The van der Waals surface area contributed by atoms with Crippen LogP contribution in [0.2, 0.25) is 0 Å². The highest BCUT2D eigenvalue weighted by Crippen LogP contribution is 2.25. The molecule has 1 aromatic carbocycles. The van der Waals surface area contributed by atoms with Gasteiger partial charge in [-0.2, -0.15) is 0 Å². The Kier molecular flexibility index (Phi) is 4.88. The summed E-state index contributed by atoms with van der Waals surface area (Å²) < 4.78 is 34.5. The maximum Gasteiger partial charge on any atom is 0.268 e. The van der Waals surface area contributed by atoms with Crippen LogP contribution in [-0.4, -0.2) is 17.0 Å². The van der Waals surface area contributed by atoms with Crippen LogP contribution >= 0.6 is 0 Å². The molecule has 0 aliphatic rings. The summed E-state index contributed by atoms with van der Waals surface area (Å²) in [5.74, 6) is -0.800.